The second kappa shape index (κ2) is 13.9. The molecule has 37 heavy (non-hydrogen) atoms. The molecule has 0 spiro atoms. The smallest absolute Gasteiger partial charge is 0.300 e. The van der Waals surface area contributed by atoms with Crippen molar-refractivity contribution in [2.45, 2.75) is 58.9 Å². The molecule has 0 aliphatic carbocycles. The van der Waals surface area contributed by atoms with Gasteiger partial charge in [-0.1, -0.05) is 109 Å². The van der Waals surface area contributed by atoms with Gasteiger partial charge >= 0.3 is 0 Å². The minimum atomic E-state index is -0.833. The lowest BCUT2D eigenvalue weighted by Crippen LogP contribution is -2.30. The SMILES string of the molecule is CC(=O)O.CCCCCCCCN1C(=O)C(=C2C(=O)N(Cc3ccccc3)c3ccc(Br)cc32)SC1=S. The van der Waals surface area contributed by atoms with Crippen molar-refractivity contribution in [2.75, 3.05) is 11.4 Å². The Morgan fingerprint density at radius 1 is 0.973 bits per heavy atom. The van der Waals surface area contributed by atoms with Crippen LogP contribution in [0.2, 0.25) is 0 Å². The van der Waals surface area contributed by atoms with Crippen molar-refractivity contribution in [3.63, 3.8) is 0 Å². The van der Waals surface area contributed by atoms with Crippen LogP contribution < -0.4 is 4.90 Å². The molecule has 0 saturated carbocycles. The number of hydrogen-bond donors (Lipinski definition) is 1. The highest BCUT2D eigenvalue weighted by Crippen LogP contribution is 2.46. The number of nitrogens with zero attached hydrogens (tertiary/aromatic N) is 2. The van der Waals surface area contributed by atoms with Crippen LogP contribution in [-0.4, -0.2) is 38.7 Å². The van der Waals surface area contributed by atoms with Gasteiger partial charge in [-0.2, -0.15) is 0 Å². The van der Waals surface area contributed by atoms with Gasteiger partial charge in [-0.25, -0.2) is 0 Å². The number of carbonyl (C=O) groups is 3. The number of amides is 2. The summed E-state index contributed by atoms with van der Waals surface area (Å²) in [7, 11) is 0. The van der Waals surface area contributed by atoms with Gasteiger partial charge in [-0.3, -0.25) is 19.3 Å². The normalized spacial score (nSPS) is 16.7. The van der Waals surface area contributed by atoms with Crippen molar-refractivity contribution in [3.05, 3.63) is 69.0 Å². The van der Waals surface area contributed by atoms with E-state index >= 15 is 0 Å². The lowest BCUT2D eigenvalue weighted by atomic mass is 10.1. The molecular formula is C28H31BrN2O4S2. The number of rotatable bonds is 9. The van der Waals surface area contributed by atoms with E-state index < -0.39 is 5.97 Å². The molecule has 4 rings (SSSR count). The zero-order chi connectivity index (χ0) is 26.9. The highest BCUT2D eigenvalue weighted by Gasteiger charge is 2.41. The van der Waals surface area contributed by atoms with Crippen LogP contribution in [0, 0.1) is 0 Å². The van der Waals surface area contributed by atoms with Crippen molar-refractivity contribution < 1.29 is 19.5 Å². The first kappa shape index (κ1) is 29.1. The highest BCUT2D eigenvalue weighted by atomic mass is 79.9. The number of aliphatic carboxylic acids is 1. The van der Waals surface area contributed by atoms with Crippen LogP contribution in [0.3, 0.4) is 0 Å². The Morgan fingerprint density at radius 3 is 2.30 bits per heavy atom. The van der Waals surface area contributed by atoms with Crippen molar-refractivity contribution in [2.24, 2.45) is 0 Å². The standard InChI is InChI=1S/C26H27BrN2O2S2.C2H4O2/c1-2-3-4-5-6-10-15-28-25(31)23(33-26(28)32)22-20-16-19(27)13-14-21(20)29(24(22)30)17-18-11-8-7-9-12-18;1-2(3)4/h7-9,11-14,16H,2-6,10,15,17H2,1H3;1H3,(H,3,4). The molecule has 1 N–H and O–H groups in total. The van der Waals surface area contributed by atoms with Crippen LogP contribution in [-0.2, 0) is 20.9 Å². The maximum atomic E-state index is 13.6. The second-order valence-corrected chi connectivity index (χ2v) is 11.4. The summed E-state index contributed by atoms with van der Waals surface area (Å²) in [4.78, 5) is 39.8. The minimum absolute atomic E-state index is 0.144. The number of fused-ring (bicyclic) bond motifs is 1. The summed E-state index contributed by atoms with van der Waals surface area (Å²) in [5.41, 5.74) is 3.11. The van der Waals surface area contributed by atoms with Crippen LogP contribution in [0.4, 0.5) is 5.69 Å². The van der Waals surface area contributed by atoms with Crippen molar-refractivity contribution in [3.8, 4) is 0 Å². The van der Waals surface area contributed by atoms with E-state index in [1.807, 2.05) is 48.5 Å². The van der Waals surface area contributed by atoms with Gasteiger partial charge in [0.25, 0.3) is 17.8 Å². The molecule has 2 aliphatic heterocycles. The van der Waals surface area contributed by atoms with Gasteiger partial charge in [0.05, 0.1) is 22.7 Å². The molecular weight excluding hydrogens is 572 g/mol. The number of thioether (sulfide) groups is 1. The first-order valence-corrected chi connectivity index (χ1v) is 14.4. The van der Waals surface area contributed by atoms with Crippen molar-refractivity contribution >= 4 is 73.3 Å². The van der Waals surface area contributed by atoms with E-state index in [-0.39, 0.29) is 11.8 Å². The second-order valence-electron chi connectivity index (χ2n) is 8.85. The molecule has 2 heterocycles. The molecule has 0 bridgehead atoms. The quantitative estimate of drug-likeness (QED) is 0.189. The predicted molar refractivity (Wildman–Crippen MR) is 157 cm³/mol. The molecule has 2 aromatic rings. The lowest BCUT2D eigenvalue weighted by Gasteiger charge is -2.17. The maximum Gasteiger partial charge on any atom is 0.300 e. The zero-order valence-corrected chi connectivity index (χ0v) is 24.3. The summed E-state index contributed by atoms with van der Waals surface area (Å²) in [6, 6.07) is 15.7. The molecule has 2 amide bonds. The average molecular weight is 604 g/mol. The highest BCUT2D eigenvalue weighted by molar-refractivity contribution is 9.10. The first-order chi connectivity index (χ1) is 17.7. The molecule has 1 fully saturated rings. The van der Waals surface area contributed by atoms with Gasteiger partial charge in [0.15, 0.2) is 0 Å². The summed E-state index contributed by atoms with van der Waals surface area (Å²) in [5, 5.41) is 7.42. The van der Waals surface area contributed by atoms with Crippen LogP contribution in [0.25, 0.3) is 5.57 Å². The monoisotopic (exact) mass is 602 g/mol. The average Bonchev–Trinajstić information content (AvgIpc) is 3.28. The molecule has 0 radical (unpaired) electrons. The third-order valence-electron chi connectivity index (χ3n) is 5.97. The van der Waals surface area contributed by atoms with Crippen LogP contribution in [0.5, 0.6) is 0 Å². The van der Waals surface area contributed by atoms with E-state index in [0.29, 0.717) is 27.9 Å². The topological polar surface area (TPSA) is 77.9 Å². The molecule has 2 aliphatic rings. The van der Waals surface area contributed by atoms with E-state index in [2.05, 4.69) is 22.9 Å². The van der Waals surface area contributed by atoms with Gasteiger partial charge in [-0.05, 0) is 30.2 Å². The van der Waals surface area contributed by atoms with Crippen LogP contribution in [0.15, 0.2) is 57.9 Å². The number of anilines is 1. The van der Waals surface area contributed by atoms with E-state index in [4.69, 9.17) is 22.1 Å². The van der Waals surface area contributed by atoms with Gasteiger partial charge in [0.1, 0.15) is 4.32 Å². The number of hydrogen-bond acceptors (Lipinski definition) is 5. The Bertz CT molecular complexity index is 1200. The van der Waals surface area contributed by atoms with Crippen molar-refractivity contribution in [1.82, 2.24) is 4.90 Å². The molecule has 9 heteroatoms. The molecule has 6 nitrogen and oxygen atoms in total. The summed E-state index contributed by atoms with van der Waals surface area (Å²) in [6.45, 7) is 4.35. The fourth-order valence-electron chi connectivity index (χ4n) is 4.24. The van der Waals surface area contributed by atoms with Crippen LogP contribution in [0.1, 0.15) is 63.5 Å². The number of carbonyl (C=O) groups excluding carboxylic acids is 2. The van der Waals surface area contributed by atoms with Crippen molar-refractivity contribution in [1.29, 1.82) is 0 Å². The number of carboxylic acids is 1. The number of benzene rings is 2. The Morgan fingerprint density at radius 2 is 1.62 bits per heavy atom. The van der Waals surface area contributed by atoms with Gasteiger partial charge in [0.2, 0.25) is 0 Å². The third-order valence-corrected chi connectivity index (χ3v) is 7.91. The van der Waals surface area contributed by atoms with Gasteiger partial charge in [-0.15, -0.1) is 0 Å². The molecule has 0 aromatic heterocycles. The molecule has 0 atom stereocenters. The molecule has 0 unspecified atom stereocenters. The fourth-order valence-corrected chi connectivity index (χ4v) is 5.98. The maximum absolute atomic E-state index is 13.6. The first-order valence-electron chi connectivity index (χ1n) is 12.4. The largest absolute Gasteiger partial charge is 0.481 e. The van der Waals surface area contributed by atoms with Gasteiger partial charge < -0.3 is 10.0 Å². The third kappa shape index (κ3) is 7.52. The zero-order valence-electron chi connectivity index (χ0n) is 21.0. The van der Waals surface area contributed by atoms with E-state index in [0.717, 1.165) is 41.1 Å². The fraction of sp³-hybridized carbons (Fsp3) is 0.357. The minimum Gasteiger partial charge on any atom is -0.481 e. The molecule has 1 saturated heterocycles. The summed E-state index contributed by atoms with van der Waals surface area (Å²) < 4.78 is 1.41. The molecule has 2 aromatic carbocycles. The molecule has 196 valence electrons. The van der Waals surface area contributed by atoms with E-state index in [1.165, 1.54) is 37.4 Å². The number of halogens is 1. The lowest BCUT2D eigenvalue weighted by molar-refractivity contribution is -0.134. The number of unbranched alkanes of at least 4 members (excludes halogenated alkanes) is 5. The Labute approximate surface area is 236 Å². The Balaban J connectivity index is 0.000000886. The summed E-state index contributed by atoms with van der Waals surface area (Å²) in [6.07, 6.45) is 6.89. The Kier molecular flexibility index (Phi) is 10.9. The van der Waals surface area contributed by atoms with E-state index in [9.17, 15) is 9.59 Å². The van der Waals surface area contributed by atoms with Crippen LogP contribution >= 0.6 is 39.9 Å². The van der Waals surface area contributed by atoms with E-state index in [1.54, 1.807) is 9.80 Å². The van der Waals surface area contributed by atoms with Gasteiger partial charge in [0, 0.05) is 23.5 Å². The predicted octanol–water partition coefficient (Wildman–Crippen LogP) is 7.02. The summed E-state index contributed by atoms with van der Waals surface area (Å²) >= 11 is 10.3. The number of thiocarbonyl (C=S) groups is 1. The Hall–Kier alpha value is -2.49. The summed E-state index contributed by atoms with van der Waals surface area (Å²) in [5.74, 6) is -1.12. The number of carboxylic acid groups (broad SMARTS) is 1.